The van der Waals surface area contributed by atoms with Crippen LogP contribution in [0.4, 0.5) is 8.78 Å². The topological polar surface area (TPSA) is 39.2 Å². The Morgan fingerprint density at radius 1 is 1.42 bits per heavy atom. The van der Waals surface area contributed by atoms with Gasteiger partial charge in [-0.1, -0.05) is 0 Å². The van der Waals surface area contributed by atoms with Gasteiger partial charge in [-0.15, -0.1) is 12.4 Å². The predicted molar refractivity (Wildman–Crippen MR) is 46.6 cm³/mol. The fraction of sp³-hybridized carbons (Fsp3) is 0.333. The van der Waals surface area contributed by atoms with Gasteiger partial charge in [0.15, 0.2) is 4.67 Å². The highest BCUT2D eigenvalue weighted by molar-refractivity contribution is 9.10. The highest BCUT2D eigenvalue weighted by Gasteiger charge is 2.20. The van der Waals surface area contributed by atoms with Gasteiger partial charge in [-0.2, -0.15) is 0 Å². The maximum absolute atomic E-state index is 11.9. The standard InChI is InChI=1S/C6H6BrF2NO.ClH/c7-4-2-1-3(11-4)5(10)6(8)9;/h1-2,5-6H,10H2;1H/t5-;/m1./s1. The molecule has 1 aromatic rings. The SMILES string of the molecule is Cl.N[C@H](c1ccc(Br)o1)C(F)F. The number of furan rings is 1. The van der Waals surface area contributed by atoms with Gasteiger partial charge in [0.2, 0.25) is 0 Å². The van der Waals surface area contributed by atoms with Gasteiger partial charge in [0.1, 0.15) is 11.8 Å². The van der Waals surface area contributed by atoms with Gasteiger partial charge in [-0.25, -0.2) is 8.78 Å². The monoisotopic (exact) mass is 261 g/mol. The van der Waals surface area contributed by atoms with Crippen molar-refractivity contribution in [2.24, 2.45) is 5.73 Å². The van der Waals surface area contributed by atoms with Crippen LogP contribution in [0.15, 0.2) is 21.2 Å². The van der Waals surface area contributed by atoms with Gasteiger partial charge < -0.3 is 10.2 Å². The molecule has 1 aromatic heterocycles. The number of hydrogen-bond acceptors (Lipinski definition) is 2. The molecule has 2 N–H and O–H groups in total. The van der Waals surface area contributed by atoms with Gasteiger partial charge in [0, 0.05) is 0 Å². The van der Waals surface area contributed by atoms with Crippen molar-refractivity contribution in [2.45, 2.75) is 12.5 Å². The molecule has 1 atom stereocenters. The summed E-state index contributed by atoms with van der Waals surface area (Å²) in [4.78, 5) is 0. The van der Waals surface area contributed by atoms with E-state index in [0.717, 1.165) is 0 Å². The first-order valence-corrected chi connectivity index (χ1v) is 3.69. The average Bonchev–Trinajstić information content (AvgIpc) is 2.34. The highest BCUT2D eigenvalue weighted by Crippen LogP contribution is 2.22. The summed E-state index contributed by atoms with van der Waals surface area (Å²) in [7, 11) is 0. The van der Waals surface area contributed by atoms with Crippen LogP contribution in [0.25, 0.3) is 0 Å². The van der Waals surface area contributed by atoms with Gasteiger partial charge in [-0.05, 0) is 28.1 Å². The molecule has 0 unspecified atom stereocenters. The van der Waals surface area contributed by atoms with Gasteiger partial charge in [0.05, 0.1) is 0 Å². The Kier molecular flexibility index (Phi) is 4.74. The summed E-state index contributed by atoms with van der Waals surface area (Å²) < 4.78 is 29.1. The molecule has 70 valence electrons. The van der Waals surface area contributed by atoms with Crippen LogP contribution in [0, 0.1) is 0 Å². The minimum Gasteiger partial charge on any atom is -0.452 e. The molecule has 0 aliphatic rings. The van der Waals surface area contributed by atoms with Crippen LogP contribution in [-0.2, 0) is 0 Å². The van der Waals surface area contributed by atoms with E-state index in [-0.39, 0.29) is 18.2 Å². The van der Waals surface area contributed by atoms with Crippen LogP contribution >= 0.6 is 28.3 Å². The van der Waals surface area contributed by atoms with Crippen LogP contribution in [0.5, 0.6) is 0 Å². The molecule has 0 amide bonds. The first kappa shape index (κ1) is 11.9. The maximum atomic E-state index is 11.9. The van der Waals surface area contributed by atoms with Crippen LogP contribution in [0.2, 0.25) is 0 Å². The number of nitrogens with two attached hydrogens (primary N) is 1. The Morgan fingerprint density at radius 3 is 2.33 bits per heavy atom. The van der Waals surface area contributed by atoms with E-state index in [1.165, 1.54) is 12.1 Å². The zero-order valence-electron chi connectivity index (χ0n) is 5.84. The van der Waals surface area contributed by atoms with E-state index >= 15 is 0 Å². The van der Waals surface area contributed by atoms with E-state index in [4.69, 9.17) is 10.2 Å². The first-order valence-electron chi connectivity index (χ1n) is 2.90. The third-order valence-electron chi connectivity index (χ3n) is 1.19. The Bertz CT molecular complexity index is 243. The lowest BCUT2D eigenvalue weighted by Crippen LogP contribution is -2.17. The van der Waals surface area contributed by atoms with E-state index in [1.54, 1.807) is 0 Å². The molecule has 0 saturated carbocycles. The fourth-order valence-corrected chi connectivity index (χ4v) is 0.951. The normalized spacial score (nSPS) is 12.8. The van der Waals surface area contributed by atoms with Gasteiger partial charge in [-0.3, -0.25) is 0 Å². The molecule has 1 rings (SSSR count). The van der Waals surface area contributed by atoms with Crippen molar-refractivity contribution in [1.82, 2.24) is 0 Å². The second-order valence-electron chi connectivity index (χ2n) is 2.00. The summed E-state index contributed by atoms with van der Waals surface area (Å²) in [5.74, 6) is 0.0897. The minimum absolute atomic E-state index is 0. The number of halogens is 4. The fourth-order valence-electron chi connectivity index (χ4n) is 0.632. The maximum Gasteiger partial charge on any atom is 0.260 e. The van der Waals surface area contributed by atoms with Crippen LogP contribution < -0.4 is 5.73 Å². The van der Waals surface area contributed by atoms with E-state index < -0.39 is 12.5 Å². The van der Waals surface area contributed by atoms with E-state index in [2.05, 4.69) is 15.9 Å². The summed E-state index contributed by atoms with van der Waals surface area (Å²) in [6, 6.07) is 1.61. The molecular weight excluding hydrogens is 255 g/mol. The molecule has 0 saturated heterocycles. The third-order valence-corrected chi connectivity index (χ3v) is 1.62. The Labute approximate surface area is 82.6 Å². The molecule has 0 aliphatic heterocycles. The zero-order chi connectivity index (χ0) is 8.43. The molecule has 0 radical (unpaired) electrons. The Hall–Kier alpha value is -0.130. The Balaban J connectivity index is 0.00000121. The van der Waals surface area contributed by atoms with Crippen LogP contribution in [-0.4, -0.2) is 6.43 Å². The molecule has 1 heterocycles. The number of rotatable bonds is 2. The summed E-state index contributed by atoms with van der Waals surface area (Å²) >= 11 is 2.98. The van der Waals surface area contributed by atoms with Gasteiger partial charge in [0.25, 0.3) is 6.43 Å². The summed E-state index contributed by atoms with van der Waals surface area (Å²) in [5, 5.41) is 0. The lowest BCUT2D eigenvalue weighted by molar-refractivity contribution is 0.106. The van der Waals surface area contributed by atoms with Crippen molar-refractivity contribution in [3.8, 4) is 0 Å². The first-order chi connectivity index (χ1) is 5.11. The molecule has 0 fully saturated rings. The molecule has 2 nitrogen and oxygen atoms in total. The molecule has 0 aliphatic carbocycles. The lowest BCUT2D eigenvalue weighted by Gasteiger charge is -2.05. The van der Waals surface area contributed by atoms with E-state index in [9.17, 15) is 8.78 Å². The average molecular weight is 262 g/mol. The van der Waals surface area contributed by atoms with Crippen molar-refractivity contribution in [3.63, 3.8) is 0 Å². The van der Waals surface area contributed by atoms with Crippen molar-refractivity contribution < 1.29 is 13.2 Å². The van der Waals surface area contributed by atoms with Crippen molar-refractivity contribution in [1.29, 1.82) is 0 Å². The van der Waals surface area contributed by atoms with E-state index in [0.29, 0.717) is 4.67 Å². The second-order valence-corrected chi connectivity index (χ2v) is 2.78. The number of alkyl halides is 2. The Morgan fingerprint density at radius 2 is 2.00 bits per heavy atom. The molecule has 0 spiro atoms. The summed E-state index contributed by atoms with van der Waals surface area (Å²) in [6.45, 7) is 0. The van der Waals surface area contributed by atoms with Crippen LogP contribution in [0.1, 0.15) is 11.8 Å². The molecule has 0 bridgehead atoms. The summed E-state index contributed by atoms with van der Waals surface area (Å²) in [6.07, 6.45) is -2.59. The third kappa shape index (κ3) is 2.73. The van der Waals surface area contributed by atoms with Gasteiger partial charge >= 0.3 is 0 Å². The smallest absolute Gasteiger partial charge is 0.260 e. The minimum atomic E-state index is -2.59. The predicted octanol–water partition coefficient (Wildman–Crippen LogP) is 2.73. The number of hydrogen-bond donors (Lipinski definition) is 1. The molecule has 6 heteroatoms. The molecular formula is C6H7BrClF2NO. The van der Waals surface area contributed by atoms with Crippen molar-refractivity contribution in [2.75, 3.05) is 0 Å². The summed E-state index contributed by atoms with van der Waals surface area (Å²) in [5.41, 5.74) is 5.09. The van der Waals surface area contributed by atoms with Crippen LogP contribution in [0.3, 0.4) is 0 Å². The molecule has 12 heavy (non-hydrogen) atoms. The quantitative estimate of drug-likeness (QED) is 0.890. The zero-order valence-corrected chi connectivity index (χ0v) is 8.24. The molecule has 0 aromatic carbocycles. The largest absolute Gasteiger partial charge is 0.452 e. The van der Waals surface area contributed by atoms with E-state index in [1.807, 2.05) is 0 Å². The van der Waals surface area contributed by atoms with Crippen molar-refractivity contribution >= 4 is 28.3 Å². The van der Waals surface area contributed by atoms with Crippen molar-refractivity contribution in [3.05, 3.63) is 22.6 Å². The highest BCUT2D eigenvalue weighted by atomic mass is 79.9. The second kappa shape index (κ2) is 4.79. The lowest BCUT2D eigenvalue weighted by atomic mass is 10.2.